The molecule has 0 bridgehead atoms. The lowest BCUT2D eigenvalue weighted by Crippen LogP contribution is -2.35. The number of carbonyl (C=O) groups is 1. The van der Waals surface area contributed by atoms with Crippen molar-refractivity contribution in [3.63, 3.8) is 0 Å². The molecule has 2 atom stereocenters. The van der Waals surface area contributed by atoms with Crippen LogP contribution in [-0.4, -0.2) is 84.9 Å². The number of halogens is 1. The second-order valence-electron chi connectivity index (χ2n) is 12.4. The Kier molecular flexibility index (Phi) is 10.5. The third-order valence-corrected chi connectivity index (χ3v) is 9.24. The number of aromatic nitrogens is 2. The molecule has 2 aliphatic heterocycles. The van der Waals surface area contributed by atoms with Gasteiger partial charge in [-0.3, -0.25) is 4.79 Å². The minimum atomic E-state index is -0.323. The number of para-hydroxylation sites is 2. The number of allylic oxidation sites excluding steroid dienone is 2. The molecule has 1 amide bonds. The number of imidazole rings is 1. The second kappa shape index (κ2) is 15.3. The third kappa shape index (κ3) is 7.46. The largest absolute Gasteiger partial charge is 0.496 e. The van der Waals surface area contributed by atoms with Crippen molar-refractivity contribution >= 4 is 29.1 Å². The van der Waals surface area contributed by atoms with Crippen molar-refractivity contribution < 1.29 is 13.9 Å². The van der Waals surface area contributed by atoms with Gasteiger partial charge in [-0.15, -0.1) is 5.10 Å². The first-order valence-electron chi connectivity index (χ1n) is 16.6. The van der Waals surface area contributed by atoms with Crippen molar-refractivity contribution in [1.82, 2.24) is 19.4 Å². The lowest BCUT2D eigenvalue weighted by Gasteiger charge is -2.28. The summed E-state index contributed by atoms with van der Waals surface area (Å²) in [6.07, 6.45) is 7.74. The maximum atomic E-state index is 13.9. The predicted molar refractivity (Wildman–Crippen MR) is 188 cm³/mol. The third-order valence-electron chi connectivity index (χ3n) is 9.24. The number of amides is 1. The van der Waals surface area contributed by atoms with Crippen LogP contribution in [0, 0.1) is 5.82 Å². The summed E-state index contributed by atoms with van der Waals surface area (Å²) < 4.78 is 21.8. The summed E-state index contributed by atoms with van der Waals surface area (Å²) in [7, 11) is 3.37. The quantitative estimate of drug-likeness (QED) is 0.159. The van der Waals surface area contributed by atoms with Gasteiger partial charge in [-0.05, 0) is 85.6 Å². The topological polar surface area (TPSA) is 90.9 Å². The van der Waals surface area contributed by atoms with E-state index in [9.17, 15) is 9.18 Å². The number of hydrogen-bond donors (Lipinski definition) is 0. The number of hydrogen-bond acceptors (Lipinski definition) is 8. The van der Waals surface area contributed by atoms with Crippen LogP contribution in [-0.2, 0) is 6.54 Å². The molecule has 48 heavy (non-hydrogen) atoms. The maximum Gasteiger partial charge on any atom is 0.257 e. The fraction of sp³-hybridized carbons (Fsp3) is 0.378. The van der Waals surface area contributed by atoms with Crippen molar-refractivity contribution in [2.24, 2.45) is 15.4 Å². The van der Waals surface area contributed by atoms with Crippen molar-refractivity contribution in [2.75, 3.05) is 58.3 Å². The summed E-state index contributed by atoms with van der Waals surface area (Å²) in [6.45, 7) is 7.85. The van der Waals surface area contributed by atoms with E-state index in [0.29, 0.717) is 17.9 Å². The van der Waals surface area contributed by atoms with E-state index >= 15 is 0 Å². The second-order valence-corrected chi connectivity index (χ2v) is 12.4. The first-order chi connectivity index (χ1) is 23.4. The van der Waals surface area contributed by atoms with Crippen LogP contribution in [0.5, 0.6) is 5.75 Å². The van der Waals surface area contributed by atoms with Gasteiger partial charge in [0.25, 0.3) is 5.91 Å². The van der Waals surface area contributed by atoms with Gasteiger partial charge < -0.3 is 24.0 Å². The number of ether oxygens (including phenoxy) is 1. The molecule has 0 N–H and O–H groups in total. The van der Waals surface area contributed by atoms with E-state index in [-0.39, 0.29) is 23.7 Å². The highest BCUT2D eigenvalue weighted by Crippen LogP contribution is 2.29. The standard InChI is InChI=1S/C37H43FN8O2/c1-4-5-20-46-34-10-7-6-9-32(34)40-37(46)45-19-8-18-44(22-23-45)21-17-29(27-11-14-30(38)15-12-27)26-43(2)36(47)31-24-28(13-16-35(31)48-3)33-25-39-42-41-33/h4-7,9-16,24-25,29,33H,8,17-23,26H2,1-3H3/b5-4+. The molecule has 6 rings (SSSR count). The van der Waals surface area contributed by atoms with E-state index < -0.39 is 0 Å². The van der Waals surface area contributed by atoms with Crippen molar-refractivity contribution in [1.29, 1.82) is 0 Å². The van der Waals surface area contributed by atoms with Gasteiger partial charge in [-0.2, -0.15) is 5.11 Å². The number of rotatable bonds is 12. The average molecular weight is 651 g/mol. The van der Waals surface area contributed by atoms with E-state index in [1.54, 1.807) is 30.4 Å². The minimum Gasteiger partial charge on any atom is -0.496 e. The molecule has 10 nitrogen and oxygen atoms in total. The van der Waals surface area contributed by atoms with Crippen LogP contribution in [0.4, 0.5) is 10.3 Å². The fourth-order valence-corrected chi connectivity index (χ4v) is 6.58. The van der Waals surface area contributed by atoms with E-state index in [1.165, 1.54) is 12.1 Å². The summed E-state index contributed by atoms with van der Waals surface area (Å²) in [5.74, 6) is 1.09. The van der Waals surface area contributed by atoms with Crippen molar-refractivity contribution in [3.05, 3.63) is 101 Å². The molecular weight excluding hydrogens is 607 g/mol. The average Bonchev–Trinajstić information content (AvgIpc) is 3.72. The molecule has 4 aromatic rings. The first-order valence-corrected chi connectivity index (χ1v) is 16.6. The number of fused-ring (bicyclic) bond motifs is 1. The monoisotopic (exact) mass is 650 g/mol. The summed E-state index contributed by atoms with van der Waals surface area (Å²) >= 11 is 0. The van der Waals surface area contributed by atoms with Crippen LogP contribution < -0.4 is 9.64 Å². The SMILES string of the molecule is C/C=C/Cn1c(N2CCCN(CCC(CN(C)C(=O)c3cc(C4C=NN=N4)ccc3OC)c3ccc(F)cc3)CC2)nc2ccccc21. The zero-order chi connectivity index (χ0) is 33.5. The Balaban J connectivity index is 1.15. The van der Waals surface area contributed by atoms with Crippen LogP contribution in [0.2, 0.25) is 0 Å². The molecule has 1 aromatic heterocycles. The number of likely N-dealkylation sites (N-methyl/N-ethyl adjacent to an activating group) is 1. The van der Waals surface area contributed by atoms with Crippen LogP contribution in [0.15, 0.2) is 94.3 Å². The summed E-state index contributed by atoms with van der Waals surface area (Å²) in [5, 5.41) is 11.7. The smallest absolute Gasteiger partial charge is 0.257 e. The Morgan fingerprint density at radius 3 is 2.69 bits per heavy atom. The van der Waals surface area contributed by atoms with Gasteiger partial charge in [-0.1, -0.05) is 42.5 Å². The first kappa shape index (κ1) is 33.0. The Bertz CT molecular complexity index is 1790. The Morgan fingerprint density at radius 1 is 1.08 bits per heavy atom. The van der Waals surface area contributed by atoms with E-state index in [2.05, 4.69) is 60.2 Å². The van der Waals surface area contributed by atoms with Crippen LogP contribution in [0.25, 0.3) is 11.0 Å². The van der Waals surface area contributed by atoms with Gasteiger partial charge in [0.2, 0.25) is 5.95 Å². The van der Waals surface area contributed by atoms with Crippen LogP contribution in [0.1, 0.15) is 53.2 Å². The van der Waals surface area contributed by atoms with Crippen LogP contribution >= 0.6 is 0 Å². The van der Waals surface area contributed by atoms with Crippen molar-refractivity contribution in [2.45, 2.75) is 38.3 Å². The maximum absolute atomic E-state index is 13.9. The van der Waals surface area contributed by atoms with Gasteiger partial charge in [0.15, 0.2) is 0 Å². The van der Waals surface area contributed by atoms with Crippen molar-refractivity contribution in [3.8, 4) is 5.75 Å². The molecule has 0 radical (unpaired) electrons. The molecule has 1 fully saturated rings. The van der Waals surface area contributed by atoms with Gasteiger partial charge in [0, 0.05) is 45.7 Å². The van der Waals surface area contributed by atoms with Crippen LogP contribution in [0.3, 0.4) is 0 Å². The summed E-state index contributed by atoms with van der Waals surface area (Å²) in [4.78, 5) is 25.5. The Labute approximate surface area is 281 Å². The molecular formula is C37H43FN8O2. The number of benzene rings is 3. The lowest BCUT2D eigenvalue weighted by atomic mass is 9.94. The highest BCUT2D eigenvalue weighted by molar-refractivity contribution is 5.97. The Hall–Kier alpha value is -4.90. The normalized spacial score (nSPS) is 17.3. The molecule has 3 heterocycles. The molecule has 1 saturated heterocycles. The number of carbonyl (C=O) groups excluding carboxylic acids is 1. The highest BCUT2D eigenvalue weighted by Gasteiger charge is 2.25. The molecule has 2 unspecified atom stereocenters. The molecule has 250 valence electrons. The van der Waals surface area contributed by atoms with E-state index in [0.717, 1.165) is 80.2 Å². The molecule has 3 aromatic carbocycles. The number of anilines is 1. The number of nitrogens with zero attached hydrogens (tertiary/aromatic N) is 8. The van der Waals surface area contributed by atoms with E-state index in [4.69, 9.17) is 9.72 Å². The van der Waals surface area contributed by atoms with Gasteiger partial charge in [0.05, 0.1) is 29.9 Å². The number of methoxy groups -OCH3 is 1. The van der Waals surface area contributed by atoms with Gasteiger partial charge >= 0.3 is 0 Å². The zero-order valence-electron chi connectivity index (χ0n) is 27.9. The summed E-state index contributed by atoms with van der Waals surface area (Å²) in [6, 6.07) is 20.1. The Morgan fingerprint density at radius 2 is 1.92 bits per heavy atom. The molecule has 11 heteroatoms. The molecule has 2 aliphatic rings. The predicted octanol–water partition coefficient (Wildman–Crippen LogP) is 6.71. The molecule has 0 saturated carbocycles. The van der Waals surface area contributed by atoms with E-state index in [1.807, 2.05) is 38.2 Å². The fourth-order valence-electron chi connectivity index (χ4n) is 6.58. The summed E-state index contributed by atoms with van der Waals surface area (Å²) in [5.41, 5.74) is 4.45. The highest BCUT2D eigenvalue weighted by atomic mass is 19.1. The lowest BCUT2D eigenvalue weighted by molar-refractivity contribution is 0.0779. The van der Waals surface area contributed by atoms with Gasteiger partial charge in [0.1, 0.15) is 17.6 Å². The minimum absolute atomic E-state index is 0.00822. The molecule has 0 aliphatic carbocycles. The molecule has 0 spiro atoms. The van der Waals surface area contributed by atoms with Gasteiger partial charge in [-0.25, -0.2) is 9.37 Å². The zero-order valence-corrected chi connectivity index (χ0v) is 27.9.